The predicted molar refractivity (Wildman–Crippen MR) is 101 cm³/mol. The fourth-order valence-electron chi connectivity index (χ4n) is 3.22. The maximum Gasteiger partial charge on any atom is 0.328 e. The second kappa shape index (κ2) is 9.92. The zero-order valence-corrected chi connectivity index (χ0v) is 16.0. The molecule has 1 aromatic heterocycles. The Labute approximate surface area is 151 Å². The van der Waals surface area contributed by atoms with Gasteiger partial charge in [-0.25, -0.2) is 4.98 Å². The largest absolute Gasteiger partial charge is 0.328 e. The normalized spacial score (nSPS) is 12.1. The number of imidazole rings is 1. The summed E-state index contributed by atoms with van der Waals surface area (Å²) in [6.45, 7) is 2.79. The Morgan fingerprint density at radius 2 is 1.48 bits per heavy atom. The van der Waals surface area contributed by atoms with Crippen LogP contribution in [0.3, 0.4) is 0 Å². The van der Waals surface area contributed by atoms with Gasteiger partial charge in [0.1, 0.15) is 0 Å². The molecule has 0 amide bonds. The average Bonchev–Trinajstić information content (AvgIpc) is 2.96. The van der Waals surface area contributed by atoms with Crippen LogP contribution in [-0.4, -0.2) is 22.5 Å². The number of aromatic nitrogens is 2. The van der Waals surface area contributed by atoms with Crippen molar-refractivity contribution in [3.63, 3.8) is 0 Å². The minimum atomic E-state index is -4.31. The smallest absolute Gasteiger partial charge is 0.313 e. The van der Waals surface area contributed by atoms with Gasteiger partial charge in [-0.3, -0.25) is 4.55 Å². The maximum absolute atomic E-state index is 11.6. The second-order valence-electron chi connectivity index (χ2n) is 6.69. The summed E-state index contributed by atoms with van der Waals surface area (Å²) in [6, 6.07) is 7.27. The van der Waals surface area contributed by atoms with Crippen LogP contribution in [0.4, 0.5) is 0 Å². The van der Waals surface area contributed by atoms with Crippen molar-refractivity contribution in [2.45, 2.75) is 82.8 Å². The van der Waals surface area contributed by atoms with Crippen molar-refractivity contribution < 1.29 is 13.0 Å². The molecular formula is C19H30N2O3S. The molecule has 0 aliphatic rings. The number of para-hydroxylation sites is 2. The van der Waals surface area contributed by atoms with Crippen molar-refractivity contribution in [2.24, 2.45) is 0 Å². The van der Waals surface area contributed by atoms with E-state index in [9.17, 15) is 13.0 Å². The van der Waals surface area contributed by atoms with Crippen LogP contribution < -0.4 is 0 Å². The first kappa shape index (κ1) is 19.9. The van der Waals surface area contributed by atoms with Crippen LogP contribution in [0.1, 0.15) is 71.1 Å². The van der Waals surface area contributed by atoms with E-state index in [0.717, 1.165) is 18.4 Å². The van der Waals surface area contributed by atoms with E-state index in [2.05, 4.69) is 11.9 Å². The lowest BCUT2D eigenvalue weighted by Gasteiger charge is -2.07. The van der Waals surface area contributed by atoms with E-state index in [1.807, 2.05) is 18.2 Å². The number of aryl methyl sites for hydroxylation is 1. The van der Waals surface area contributed by atoms with Crippen LogP contribution in [0.25, 0.3) is 11.0 Å². The maximum atomic E-state index is 11.6. The molecule has 0 unspecified atom stereocenters. The molecule has 2 rings (SSSR count). The zero-order valence-electron chi connectivity index (χ0n) is 15.2. The molecule has 5 nitrogen and oxygen atoms in total. The van der Waals surface area contributed by atoms with Crippen molar-refractivity contribution in [1.82, 2.24) is 9.55 Å². The van der Waals surface area contributed by atoms with E-state index in [1.54, 1.807) is 10.6 Å². The number of hydrogen-bond donors (Lipinski definition) is 1. The van der Waals surface area contributed by atoms with Crippen molar-refractivity contribution >= 4 is 21.2 Å². The molecule has 0 saturated heterocycles. The topological polar surface area (TPSA) is 72.2 Å². The first-order valence-corrected chi connectivity index (χ1v) is 10.9. The van der Waals surface area contributed by atoms with Gasteiger partial charge in [0, 0.05) is 6.54 Å². The Kier molecular flexibility index (Phi) is 7.90. The molecule has 0 atom stereocenters. The molecule has 0 aliphatic carbocycles. The number of benzene rings is 1. The van der Waals surface area contributed by atoms with Crippen molar-refractivity contribution in [3.05, 3.63) is 24.3 Å². The summed E-state index contributed by atoms with van der Waals surface area (Å²) in [6.07, 6.45) is 12.3. The first-order valence-electron chi connectivity index (χ1n) is 9.47. The molecule has 0 bridgehead atoms. The molecule has 0 spiro atoms. The molecule has 0 saturated carbocycles. The number of fused-ring (bicyclic) bond motifs is 1. The monoisotopic (exact) mass is 366 g/mol. The van der Waals surface area contributed by atoms with Gasteiger partial charge < -0.3 is 4.57 Å². The average molecular weight is 367 g/mol. The van der Waals surface area contributed by atoms with Crippen LogP contribution in [-0.2, 0) is 16.7 Å². The molecule has 1 aromatic carbocycles. The van der Waals surface area contributed by atoms with E-state index in [1.165, 1.54) is 51.4 Å². The summed E-state index contributed by atoms with van der Waals surface area (Å²) in [4.78, 5) is 4.07. The third-order valence-electron chi connectivity index (χ3n) is 4.59. The van der Waals surface area contributed by atoms with E-state index in [0.29, 0.717) is 12.1 Å². The third kappa shape index (κ3) is 6.12. The van der Waals surface area contributed by atoms with E-state index in [4.69, 9.17) is 0 Å². The first-order chi connectivity index (χ1) is 12.0. The molecule has 25 heavy (non-hydrogen) atoms. The van der Waals surface area contributed by atoms with Gasteiger partial charge in [0.25, 0.3) is 5.16 Å². The minimum absolute atomic E-state index is 0.246. The number of hydrogen-bond acceptors (Lipinski definition) is 3. The van der Waals surface area contributed by atoms with Gasteiger partial charge in [-0.2, -0.15) is 8.42 Å². The minimum Gasteiger partial charge on any atom is -0.313 e. The van der Waals surface area contributed by atoms with E-state index < -0.39 is 10.1 Å². The summed E-state index contributed by atoms with van der Waals surface area (Å²) in [5.74, 6) is 0. The van der Waals surface area contributed by atoms with Crippen LogP contribution in [0.2, 0.25) is 0 Å². The van der Waals surface area contributed by atoms with Crippen molar-refractivity contribution in [3.8, 4) is 0 Å². The van der Waals surface area contributed by atoms with Crippen LogP contribution in [0.5, 0.6) is 0 Å². The summed E-state index contributed by atoms with van der Waals surface area (Å²) >= 11 is 0. The van der Waals surface area contributed by atoms with Gasteiger partial charge in [-0.15, -0.1) is 0 Å². The van der Waals surface area contributed by atoms with Gasteiger partial charge >= 0.3 is 10.1 Å². The van der Waals surface area contributed by atoms with E-state index >= 15 is 0 Å². The molecule has 1 heterocycles. The Hall–Kier alpha value is -1.40. The molecule has 2 aromatic rings. The van der Waals surface area contributed by atoms with Crippen LogP contribution in [0.15, 0.2) is 29.4 Å². The molecule has 0 radical (unpaired) electrons. The van der Waals surface area contributed by atoms with Gasteiger partial charge in [-0.1, -0.05) is 76.8 Å². The lowest BCUT2D eigenvalue weighted by Crippen LogP contribution is -2.10. The fourth-order valence-corrected chi connectivity index (χ4v) is 3.91. The van der Waals surface area contributed by atoms with Crippen molar-refractivity contribution in [2.75, 3.05) is 0 Å². The Morgan fingerprint density at radius 3 is 2.08 bits per heavy atom. The summed E-state index contributed by atoms with van der Waals surface area (Å²) in [5.41, 5.74) is 1.35. The lowest BCUT2D eigenvalue weighted by molar-refractivity contribution is 0.458. The second-order valence-corrected chi connectivity index (χ2v) is 8.01. The summed E-state index contributed by atoms with van der Waals surface area (Å²) < 4.78 is 34.2. The fraction of sp³-hybridized carbons (Fsp3) is 0.632. The predicted octanol–water partition coefficient (Wildman–Crippen LogP) is 5.20. The summed E-state index contributed by atoms with van der Waals surface area (Å²) in [5, 5.41) is -0.246. The number of nitrogens with zero attached hydrogens (tertiary/aromatic N) is 2. The van der Waals surface area contributed by atoms with E-state index in [-0.39, 0.29) is 5.16 Å². The molecule has 6 heteroatoms. The molecule has 0 aliphatic heterocycles. The highest BCUT2D eigenvalue weighted by Crippen LogP contribution is 2.20. The third-order valence-corrected chi connectivity index (χ3v) is 5.36. The zero-order chi connectivity index (χ0) is 18.1. The highest BCUT2D eigenvalue weighted by Gasteiger charge is 2.20. The molecular weight excluding hydrogens is 336 g/mol. The standard InChI is InChI=1S/C19H30N2O3S/c1-2-3-4-5-6-7-8-9-10-13-16-21-18-15-12-11-14-17(18)20-19(21)25(22,23)24/h11-12,14-15H,2-10,13,16H2,1H3,(H,22,23,24). The number of unbranched alkanes of at least 4 members (excludes halogenated alkanes) is 9. The Morgan fingerprint density at radius 1 is 0.920 bits per heavy atom. The van der Waals surface area contributed by atoms with Gasteiger partial charge in [0.15, 0.2) is 0 Å². The highest BCUT2D eigenvalue weighted by molar-refractivity contribution is 7.85. The highest BCUT2D eigenvalue weighted by atomic mass is 32.2. The quantitative estimate of drug-likeness (QED) is 0.414. The Balaban J connectivity index is 1.79. The van der Waals surface area contributed by atoms with Crippen LogP contribution >= 0.6 is 0 Å². The van der Waals surface area contributed by atoms with Gasteiger partial charge in [0.05, 0.1) is 11.0 Å². The molecule has 0 fully saturated rings. The summed E-state index contributed by atoms with van der Waals surface area (Å²) in [7, 11) is -4.31. The SMILES string of the molecule is CCCCCCCCCCCCn1c(S(=O)(=O)O)nc2ccccc21. The van der Waals surface area contributed by atoms with Gasteiger partial charge in [-0.05, 0) is 18.6 Å². The Bertz CT molecular complexity index is 753. The van der Waals surface area contributed by atoms with Gasteiger partial charge in [0.2, 0.25) is 0 Å². The van der Waals surface area contributed by atoms with Crippen molar-refractivity contribution in [1.29, 1.82) is 0 Å². The number of rotatable bonds is 12. The molecule has 1 N–H and O–H groups in total. The van der Waals surface area contributed by atoms with Crippen LogP contribution in [0, 0.1) is 0 Å². The lowest BCUT2D eigenvalue weighted by atomic mass is 10.1. The molecule has 140 valence electrons.